The molecule has 1 aliphatic heterocycles. The minimum atomic E-state index is -2.62. The molecular formula is C7H13FO4P+. The van der Waals surface area contributed by atoms with Gasteiger partial charge in [-0.1, -0.05) is 6.92 Å². The third-order valence-electron chi connectivity index (χ3n) is 2.28. The average Bonchev–Trinajstić information content (AvgIpc) is 2.29. The zero-order valence-electron chi connectivity index (χ0n) is 7.51. The lowest BCUT2D eigenvalue weighted by molar-refractivity contribution is 0.0101. The minimum absolute atomic E-state index is 0.0301. The van der Waals surface area contributed by atoms with Crippen LogP contribution in [0, 0.1) is 5.92 Å². The first-order valence-corrected chi connectivity index (χ1v) is 5.24. The highest BCUT2D eigenvalue weighted by Gasteiger charge is 2.41. The number of hydrogen-bond acceptors (Lipinski definition) is 3. The first-order valence-electron chi connectivity index (χ1n) is 4.11. The van der Waals surface area contributed by atoms with Gasteiger partial charge < -0.3 is 4.74 Å². The molecule has 0 aromatic rings. The van der Waals surface area contributed by atoms with Crippen molar-refractivity contribution in [3.05, 3.63) is 0 Å². The van der Waals surface area contributed by atoms with Gasteiger partial charge in [0.2, 0.25) is 0 Å². The summed E-state index contributed by atoms with van der Waals surface area (Å²) in [7, 11) is -2.62. The van der Waals surface area contributed by atoms with Crippen LogP contribution in [0.3, 0.4) is 0 Å². The van der Waals surface area contributed by atoms with Gasteiger partial charge in [-0.2, -0.15) is 0 Å². The second kappa shape index (κ2) is 4.42. The average molecular weight is 211 g/mol. The van der Waals surface area contributed by atoms with E-state index >= 15 is 0 Å². The Labute approximate surface area is 77.0 Å². The Kier molecular flexibility index (Phi) is 3.74. The zero-order valence-corrected chi connectivity index (χ0v) is 8.41. The smallest absolute Gasteiger partial charge is 0.369 e. The van der Waals surface area contributed by atoms with Gasteiger partial charge in [0.25, 0.3) is 0 Å². The number of rotatable bonds is 3. The number of ether oxygens (including phenoxy) is 1. The summed E-state index contributed by atoms with van der Waals surface area (Å²) in [5.74, 6) is -0.287. The van der Waals surface area contributed by atoms with Crippen LogP contribution in [-0.2, 0) is 13.8 Å². The van der Waals surface area contributed by atoms with Crippen molar-refractivity contribution in [2.45, 2.75) is 32.2 Å². The zero-order chi connectivity index (χ0) is 10.0. The topological polar surface area (TPSA) is 55.8 Å². The van der Waals surface area contributed by atoms with Crippen molar-refractivity contribution in [1.82, 2.24) is 0 Å². The van der Waals surface area contributed by atoms with Crippen LogP contribution in [0.1, 0.15) is 13.8 Å². The molecule has 0 aliphatic carbocycles. The first-order chi connectivity index (χ1) is 6.02. The summed E-state index contributed by atoms with van der Waals surface area (Å²) >= 11 is 0. The molecule has 1 fully saturated rings. The molecule has 5 atom stereocenters. The Morgan fingerprint density at radius 1 is 1.62 bits per heavy atom. The Morgan fingerprint density at radius 2 is 2.23 bits per heavy atom. The molecule has 0 aromatic carbocycles. The number of hydrogen-bond donors (Lipinski definition) is 1. The third kappa shape index (κ3) is 2.68. The summed E-state index contributed by atoms with van der Waals surface area (Å²) in [4.78, 5) is 8.37. The fourth-order valence-corrected chi connectivity index (χ4v) is 1.71. The quantitative estimate of drug-likeness (QED) is 0.717. The van der Waals surface area contributed by atoms with Crippen LogP contribution in [0.15, 0.2) is 0 Å². The van der Waals surface area contributed by atoms with Crippen LogP contribution in [0.4, 0.5) is 4.39 Å². The molecule has 0 bridgehead atoms. The summed E-state index contributed by atoms with van der Waals surface area (Å²) in [6, 6.07) is 0. The fraction of sp³-hybridized carbons (Fsp3) is 1.00. The van der Waals surface area contributed by atoms with E-state index in [0.717, 1.165) is 0 Å². The van der Waals surface area contributed by atoms with E-state index in [2.05, 4.69) is 4.52 Å². The van der Waals surface area contributed by atoms with E-state index in [1.165, 1.54) is 0 Å². The lowest BCUT2D eigenvalue weighted by atomic mass is 10.0. The molecule has 76 valence electrons. The fourth-order valence-electron chi connectivity index (χ4n) is 1.44. The largest absolute Gasteiger partial charge is 0.694 e. The monoisotopic (exact) mass is 211 g/mol. The van der Waals surface area contributed by atoms with Gasteiger partial charge in [-0.3, -0.25) is 0 Å². The van der Waals surface area contributed by atoms with Gasteiger partial charge in [0, 0.05) is 10.5 Å². The van der Waals surface area contributed by atoms with Gasteiger partial charge in [-0.05, 0) is 6.92 Å². The Balaban J connectivity index is 2.40. The van der Waals surface area contributed by atoms with Gasteiger partial charge >= 0.3 is 8.25 Å². The maximum atomic E-state index is 13.2. The molecule has 1 N–H and O–H groups in total. The molecule has 0 saturated carbocycles. The molecule has 0 spiro atoms. The van der Waals surface area contributed by atoms with Crippen molar-refractivity contribution in [3.63, 3.8) is 0 Å². The molecule has 6 heteroatoms. The molecule has 1 rings (SSSR count). The molecule has 13 heavy (non-hydrogen) atoms. The number of alkyl halides is 1. The van der Waals surface area contributed by atoms with Gasteiger partial charge in [0.1, 0.15) is 12.8 Å². The van der Waals surface area contributed by atoms with Crippen molar-refractivity contribution in [2.24, 2.45) is 5.92 Å². The van der Waals surface area contributed by atoms with Crippen molar-refractivity contribution in [2.75, 3.05) is 6.61 Å². The van der Waals surface area contributed by atoms with E-state index in [1.54, 1.807) is 13.8 Å². The van der Waals surface area contributed by atoms with Gasteiger partial charge in [-0.15, -0.1) is 9.42 Å². The van der Waals surface area contributed by atoms with Crippen molar-refractivity contribution in [3.8, 4) is 0 Å². The van der Waals surface area contributed by atoms with Crippen LogP contribution in [0.5, 0.6) is 0 Å². The van der Waals surface area contributed by atoms with E-state index in [-0.39, 0.29) is 12.5 Å². The molecule has 1 aliphatic rings. The molecule has 0 radical (unpaired) electrons. The molecule has 4 nitrogen and oxygen atoms in total. The normalized spacial score (nSPS) is 40.8. The maximum Gasteiger partial charge on any atom is 0.694 e. The summed E-state index contributed by atoms with van der Waals surface area (Å²) in [5, 5.41) is 0. The summed E-state index contributed by atoms with van der Waals surface area (Å²) in [5.41, 5.74) is 0. The molecule has 1 heterocycles. The van der Waals surface area contributed by atoms with Crippen LogP contribution in [-0.4, -0.2) is 29.9 Å². The predicted molar refractivity (Wildman–Crippen MR) is 44.2 cm³/mol. The SMILES string of the molecule is C[C@@H]1[C@H](F)[C@H](C)O[C@@H]1CO[P+](=O)O. The number of halogens is 1. The molecular weight excluding hydrogens is 198 g/mol. The third-order valence-corrected chi connectivity index (χ3v) is 2.65. The van der Waals surface area contributed by atoms with Crippen molar-refractivity contribution < 1.29 is 23.1 Å². The van der Waals surface area contributed by atoms with Crippen LogP contribution in [0.25, 0.3) is 0 Å². The van der Waals surface area contributed by atoms with Gasteiger partial charge in [0.15, 0.2) is 0 Å². The van der Waals surface area contributed by atoms with E-state index in [1.807, 2.05) is 0 Å². The van der Waals surface area contributed by atoms with E-state index in [9.17, 15) is 8.96 Å². The summed E-state index contributed by atoms with van der Waals surface area (Å²) < 4.78 is 33.0. The summed E-state index contributed by atoms with van der Waals surface area (Å²) in [6.45, 7) is 3.31. The van der Waals surface area contributed by atoms with Crippen LogP contribution < -0.4 is 0 Å². The highest BCUT2D eigenvalue weighted by atomic mass is 31.1. The summed E-state index contributed by atoms with van der Waals surface area (Å²) in [6.07, 6.45) is -1.90. The van der Waals surface area contributed by atoms with E-state index in [0.29, 0.717) is 0 Å². The molecule has 0 amide bonds. The molecule has 0 aromatic heterocycles. The molecule has 1 saturated heterocycles. The van der Waals surface area contributed by atoms with Gasteiger partial charge in [0.05, 0.1) is 12.2 Å². The lowest BCUT2D eigenvalue weighted by Crippen LogP contribution is -2.22. The standard InChI is InChI=1S/C7H12FO4P/c1-4-6(3-11-13(9)10)12-5(2)7(4)8/h4-7H,3H2,1-2H3/p+1/t4-,5-,6+,7-/m0/s1. The maximum absolute atomic E-state index is 13.2. The highest BCUT2D eigenvalue weighted by Crippen LogP contribution is 2.30. The van der Waals surface area contributed by atoms with Crippen LogP contribution in [0.2, 0.25) is 0 Å². The van der Waals surface area contributed by atoms with Crippen LogP contribution >= 0.6 is 8.25 Å². The first kappa shape index (κ1) is 11.0. The second-order valence-corrected chi connectivity index (χ2v) is 3.95. The van der Waals surface area contributed by atoms with Crippen molar-refractivity contribution in [1.29, 1.82) is 0 Å². The van der Waals surface area contributed by atoms with Crippen molar-refractivity contribution >= 4 is 8.25 Å². The second-order valence-electron chi connectivity index (χ2n) is 3.22. The Morgan fingerprint density at radius 3 is 2.62 bits per heavy atom. The minimum Gasteiger partial charge on any atom is -0.369 e. The highest BCUT2D eigenvalue weighted by molar-refractivity contribution is 7.32. The van der Waals surface area contributed by atoms with E-state index in [4.69, 9.17) is 9.63 Å². The molecule has 1 unspecified atom stereocenters. The predicted octanol–water partition coefficient (Wildman–Crippen LogP) is 1.41. The lowest BCUT2D eigenvalue weighted by Gasteiger charge is -2.10. The Bertz CT molecular complexity index is 201. The Hall–Kier alpha value is -0.0900. The van der Waals surface area contributed by atoms with Gasteiger partial charge in [-0.25, -0.2) is 4.39 Å². The van der Waals surface area contributed by atoms with E-state index < -0.39 is 26.6 Å².